The number of amides is 1. The van der Waals surface area contributed by atoms with Gasteiger partial charge in [-0.3, -0.25) is 9.59 Å². The van der Waals surface area contributed by atoms with Gasteiger partial charge in [0, 0.05) is 12.1 Å². The monoisotopic (exact) mass is 364 g/mol. The first-order chi connectivity index (χ1) is 8.40. The second-order valence-corrected chi connectivity index (χ2v) is 4.86. The van der Waals surface area contributed by atoms with Crippen molar-refractivity contribution in [2.24, 2.45) is 5.73 Å². The van der Waals surface area contributed by atoms with Gasteiger partial charge in [-0.2, -0.15) is 0 Å². The molecule has 0 spiro atoms. The highest BCUT2D eigenvalue weighted by atomic mass is 127. The number of carbonyl (C=O) groups is 2. The Hall–Kier alpha value is -1.35. The molecule has 1 rings (SSSR count). The minimum atomic E-state index is -1.12. The van der Waals surface area contributed by atoms with Crippen molar-refractivity contribution in [2.45, 2.75) is 18.9 Å². The summed E-state index contributed by atoms with van der Waals surface area (Å²) in [7, 11) is 0. The summed E-state index contributed by atoms with van der Waals surface area (Å²) in [6, 6.07) is 3.62. The fraction of sp³-hybridized carbons (Fsp3) is 0.273. The lowest BCUT2D eigenvalue weighted by Crippen LogP contribution is -2.31. The van der Waals surface area contributed by atoms with Gasteiger partial charge in [0.2, 0.25) is 5.91 Å². The minimum absolute atomic E-state index is 0.0327. The molecule has 1 atom stereocenters. The van der Waals surface area contributed by atoms with Crippen molar-refractivity contribution in [1.82, 2.24) is 0 Å². The number of hydrogen-bond donors (Lipinski definition) is 4. The molecule has 0 saturated heterocycles. The molecule has 1 amide bonds. The largest absolute Gasteiger partial charge is 0.507 e. The van der Waals surface area contributed by atoms with Crippen molar-refractivity contribution in [3.8, 4) is 5.75 Å². The predicted molar refractivity (Wildman–Crippen MR) is 74.3 cm³/mol. The Morgan fingerprint density at radius 2 is 2.11 bits per heavy atom. The molecule has 0 unspecified atom stereocenters. The SMILES string of the molecule is N[C@@H](CCC(=O)Nc1ccc(O)c(I)c1)C(=O)O. The Labute approximate surface area is 117 Å². The molecular weight excluding hydrogens is 351 g/mol. The van der Waals surface area contributed by atoms with E-state index < -0.39 is 12.0 Å². The Morgan fingerprint density at radius 3 is 2.67 bits per heavy atom. The highest BCUT2D eigenvalue weighted by Crippen LogP contribution is 2.22. The van der Waals surface area contributed by atoms with Gasteiger partial charge in [0.25, 0.3) is 0 Å². The average molecular weight is 364 g/mol. The Morgan fingerprint density at radius 1 is 1.44 bits per heavy atom. The van der Waals surface area contributed by atoms with Crippen LogP contribution in [0, 0.1) is 3.57 Å². The molecule has 0 bridgehead atoms. The summed E-state index contributed by atoms with van der Waals surface area (Å²) in [4.78, 5) is 22.0. The van der Waals surface area contributed by atoms with Crippen LogP contribution < -0.4 is 11.1 Å². The van der Waals surface area contributed by atoms with E-state index in [0.717, 1.165) is 0 Å². The number of carboxylic acid groups (broad SMARTS) is 1. The summed E-state index contributed by atoms with van der Waals surface area (Å²) < 4.78 is 0.618. The normalized spacial score (nSPS) is 11.9. The van der Waals surface area contributed by atoms with Crippen LogP contribution in [0.15, 0.2) is 18.2 Å². The number of aliphatic carboxylic acids is 1. The molecular formula is C11H13IN2O4. The van der Waals surface area contributed by atoms with Crippen LogP contribution in [0.1, 0.15) is 12.8 Å². The van der Waals surface area contributed by atoms with E-state index in [0.29, 0.717) is 9.26 Å². The van der Waals surface area contributed by atoms with Crippen LogP contribution in [0.3, 0.4) is 0 Å². The molecule has 7 heteroatoms. The third kappa shape index (κ3) is 4.49. The number of rotatable bonds is 5. The molecule has 1 aromatic carbocycles. The molecule has 0 heterocycles. The first-order valence-electron chi connectivity index (χ1n) is 5.17. The third-order valence-electron chi connectivity index (χ3n) is 2.23. The van der Waals surface area contributed by atoms with Gasteiger partial charge in [0.05, 0.1) is 3.57 Å². The molecule has 0 fully saturated rings. The Kier molecular flexibility index (Phi) is 5.35. The fourth-order valence-corrected chi connectivity index (χ4v) is 1.73. The Balaban J connectivity index is 2.49. The number of halogens is 1. The maximum atomic E-state index is 11.5. The maximum Gasteiger partial charge on any atom is 0.320 e. The molecule has 0 radical (unpaired) electrons. The van der Waals surface area contributed by atoms with Crippen molar-refractivity contribution in [3.05, 3.63) is 21.8 Å². The molecule has 0 saturated carbocycles. The quantitative estimate of drug-likeness (QED) is 0.462. The van der Waals surface area contributed by atoms with Gasteiger partial charge in [-0.1, -0.05) is 0 Å². The lowest BCUT2D eigenvalue weighted by Gasteiger charge is -2.08. The van der Waals surface area contributed by atoms with E-state index in [9.17, 15) is 14.7 Å². The number of phenolic OH excluding ortho intramolecular Hbond substituents is 1. The molecule has 1 aromatic rings. The van der Waals surface area contributed by atoms with Gasteiger partial charge < -0.3 is 21.3 Å². The number of benzene rings is 1. The highest BCUT2D eigenvalue weighted by molar-refractivity contribution is 14.1. The van der Waals surface area contributed by atoms with Crippen molar-refractivity contribution >= 4 is 40.2 Å². The zero-order valence-corrected chi connectivity index (χ0v) is 11.5. The van der Waals surface area contributed by atoms with Gasteiger partial charge in [-0.05, 0) is 47.2 Å². The maximum absolute atomic E-state index is 11.5. The number of carbonyl (C=O) groups excluding carboxylic acids is 1. The number of hydrogen-bond acceptors (Lipinski definition) is 4. The van der Waals surface area contributed by atoms with Crippen molar-refractivity contribution in [3.63, 3.8) is 0 Å². The number of nitrogens with one attached hydrogen (secondary N) is 1. The van der Waals surface area contributed by atoms with E-state index in [4.69, 9.17) is 10.8 Å². The van der Waals surface area contributed by atoms with E-state index >= 15 is 0 Å². The molecule has 0 aromatic heterocycles. The van der Waals surface area contributed by atoms with Crippen LogP contribution in [0.25, 0.3) is 0 Å². The molecule has 6 nitrogen and oxygen atoms in total. The van der Waals surface area contributed by atoms with Crippen LogP contribution in [0.2, 0.25) is 0 Å². The van der Waals surface area contributed by atoms with Crippen molar-refractivity contribution in [1.29, 1.82) is 0 Å². The van der Waals surface area contributed by atoms with E-state index in [1.165, 1.54) is 6.07 Å². The standard InChI is InChI=1S/C11H13IN2O4/c12-7-5-6(1-3-9(7)15)14-10(16)4-2-8(13)11(17)18/h1,3,5,8,15H,2,4,13H2,(H,14,16)(H,17,18)/t8-/m0/s1. The smallest absolute Gasteiger partial charge is 0.320 e. The number of aromatic hydroxyl groups is 1. The lowest BCUT2D eigenvalue weighted by atomic mass is 10.1. The van der Waals surface area contributed by atoms with Gasteiger partial charge in [0.15, 0.2) is 0 Å². The first-order valence-corrected chi connectivity index (χ1v) is 6.25. The topological polar surface area (TPSA) is 113 Å². The molecule has 0 aliphatic rings. The van der Waals surface area contributed by atoms with Crippen LogP contribution in [-0.4, -0.2) is 28.1 Å². The summed E-state index contributed by atoms with van der Waals surface area (Å²) >= 11 is 1.94. The fourth-order valence-electron chi connectivity index (χ4n) is 1.22. The summed E-state index contributed by atoms with van der Waals surface area (Å²) in [5.74, 6) is -1.29. The number of nitrogens with two attached hydrogens (primary N) is 1. The molecule has 0 aliphatic carbocycles. The molecule has 5 N–H and O–H groups in total. The van der Waals surface area contributed by atoms with Gasteiger partial charge in [-0.15, -0.1) is 0 Å². The lowest BCUT2D eigenvalue weighted by molar-refractivity contribution is -0.138. The van der Waals surface area contributed by atoms with E-state index in [1.54, 1.807) is 12.1 Å². The van der Waals surface area contributed by atoms with Crippen LogP contribution >= 0.6 is 22.6 Å². The zero-order valence-electron chi connectivity index (χ0n) is 9.39. The summed E-state index contributed by atoms with van der Waals surface area (Å²) in [6.07, 6.45) is 0.112. The van der Waals surface area contributed by atoms with Crippen LogP contribution in [0.4, 0.5) is 5.69 Å². The molecule has 18 heavy (non-hydrogen) atoms. The zero-order chi connectivity index (χ0) is 13.7. The molecule has 98 valence electrons. The average Bonchev–Trinajstić information content (AvgIpc) is 2.30. The third-order valence-corrected chi connectivity index (χ3v) is 3.10. The van der Waals surface area contributed by atoms with Crippen molar-refractivity contribution in [2.75, 3.05) is 5.32 Å². The number of anilines is 1. The van der Waals surface area contributed by atoms with E-state index in [1.807, 2.05) is 22.6 Å². The number of phenols is 1. The summed E-state index contributed by atoms with van der Waals surface area (Å²) in [5.41, 5.74) is 5.84. The van der Waals surface area contributed by atoms with E-state index in [-0.39, 0.29) is 24.5 Å². The minimum Gasteiger partial charge on any atom is -0.507 e. The number of carboxylic acids is 1. The van der Waals surface area contributed by atoms with Crippen LogP contribution in [-0.2, 0) is 9.59 Å². The summed E-state index contributed by atoms with van der Waals surface area (Å²) in [5, 5.41) is 20.5. The molecule has 0 aliphatic heterocycles. The first kappa shape index (κ1) is 14.7. The second-order valence-electron chi connectivity index (χ2n) is 3.70. The van der Waals surface area contributed by atoms with Gasteiger partial charge in [-0.25, -0.2) is 0 Å². The van der Waals surface area contributed by atoms with E-state index in [2.05, 4.69) is 5.32 Å². The van der Waals surface area contributed by atoms with Crippen LogP contribution in [0.5, 0.6) is 5.75 Å². The summed E-state index contributed by atoms with van der Waals surface area (Å²) in [6.45, 7) is 0. The van der Waals surface area contributed by atoms with Gasteiger partial charge >= 0.3 is 5.97 Å². The van der Waals surface area contributed by atoms with Gasteiger partial charge in [0.1, 0.15) is 11.8 Å². The Bertz CT molecular complexity index is 464. The highest BCUT2D eigenvalue weighted by Gasteiger charge is 2.13. The predicted octanol–water partition coefficient (Wildman–Crippen LogP) is 1.13. The van der Waals surface area contributed by atoms with Crippen molar-refractivity contribution < 1.29 is 19.8 Å². The second kappa shape index (κ2) is 6.55.